The maximum Gasteiger partial charge on any atom is 0.161 e. The highest BCUT2D eigenvalue weighted by Gasteiger charge is 2.30. The molecule has 0 atom stereocenters. The van der Waals surface area contributed by atoms with E-state index in [1.54, 1.807) is 0 Å². The Labute approximate surface area is 205 Å². The zero-order valence-electron chi connectivity index (χ0n) is 19.7. The van der Waals surface area contributed by atoms with Crippen LogP contribution < -0.4 is 19.3 Å². The number of hydrogen-bond donors (Lipinski definition) is 1. The normalized spacial score (nSPS) is 15.0. The van der Waals surface area contributed by atoms with Crippen LogP contribution in [0.5, 0.6) is 11.5 Å². The van der Waals surface area contributed by atoms with Gasteiger partial charge >= 0.3 is 0 Å². The molecule has 5 nitrogen and oxygen atoms in total. The van der Waals surface area contributed by atoms with Crippen LogP contribution in [0.2, 0.25) is 0 Å². The van der Waals surface area contributed by atoms with Gasteiger partial charge in [-0.15, -0.1) is 0 Å². The Hall–Kier alpha value is -3.96. The fourth-order valence-corrected chi connectivity index (χ4v) is 4.87. The van der Waals surface area contributed by atoms with Gasteiger partial charge < -0.3 is 24.4 Å². The molecule has 4 aromatic rings. The van der Waals surface area contributed by atoms with E-state index in [-0.39, 0.29) is 0 Å². The van der Waals surface area contributed by atoms with Crippen LogP contribution in [0, 0.1) is 0 Å². The molecular weight excluding hydrogens is 436 g/mol. The second-order valence-corrected chi connectivity index (χ2v) is 9.33. The lowest BCUT2D eigenvalue weighted by atomic mass is 9.86. The van der Waals surface area contributed by atoms with Crippen LogP contribution in [0.1, 0.15) is 29.2 Å². The highest BCUT2D eigenvalue weighted by molar-refractivity contribution is 5.54. The van der Waals surface area contributed by atoms with Gasteiger partial charge in [0.15, 0.2) is 13.5 Å². The molecule has 5 heteroatoms. The van der Waals surface area contributed by atoms with E-state index < -0.39 is 5.60 Å². The van der Waals surface area contributed by atoms with E-state index in [9.17, 15) is 5.11 Å². The molecule has 1 N–H and O–H groups in total. The molecular formula is C30H28N2O3. The SMILES string of the molecule is CC(O)(c1ccc2c(c1)CN(c1ccccc1)CO2)c1ccc2c(c1)CN(c1ccccc1)CO2. The van der Waals surface area contributed by atoms with Gasteiger partial charge in [0, 0.05) is 35.6 Å². The van der Waals surface area contributed by atoms with Crippen molar-refractivity contribution < 1.29 is 14.6 Å². The predicted molar refractivity (Wildman–Crippen MR) is 138 cm³/mol. The second kappa shape index (κ2) is 8.67. The molecule has 0 aromatic heterocycles. The number of nitrogens with zero attached hydrogens (tertiary/aromatic N) is 2. The van der Waals surface area contributed by atoms with E-state index in [0.29, 0.717) is 13.5 Å². The molecule has 4 aromatic carbocycles. The smallest absolute Gasteiger partial charge is 0.161 e. The van der Waals surface area contributed by atoms with Gasteiger partial charge in [-0.1, -0.05) is 48.5 Å². The molecule has 2 heterocycles. The van der Waals surface area contributed by atoms with Crippen LogP contribution in [0.3, 0.4) is 0 Å². The van der Waals surface area contributed by atoms with Crippen molar-refractivity contribution in [3.05, 3.63) is 119 Å². The summed E-state index contributed by atoms with van der Waals surface area (Å²) >= 11 is 0. The molecule has 35 heavy (non-hydrogen) atoms. The molecule has 2 aliphatic heterocycles. The summed E-state index contributed by atoms with van der Waals surface area (Å²) in [7, 11) is 0. The first kappa shape index (κ1) is 21.6. The van der Waals surface area contributed by atoms with Crippen molar-refractivity contribution in [3.63, 3.8) is 0 Å². The number of fused-ring (bicyclic) bond motifs is 2. The molecule has 0 saturated carbocycles. The van der Waals surface area contributed by atoms with Gasteiger partial charge in [-0.2, -0.15) is 0 Å². The van der Waals surface area contributed by atoms with E-state index in [1.165, 1.54) is 0 Å². The van der Waals surface area contributed by atoms with Crippen molar-refractivity contribution >= 4 is 11.4 Å². The molecule has 0 spiro atoms. The number of anilines is 2. The minimum Gasteiger partial charge on any atom is -0.473 e. The highest BCUT2D eigenvalue weighted by atomic mass is 16.5. The summed E-state index contributed by atoms with van der Waals surface area (Å²) in [4.78, 5) is 4.38. The van der Waals surface area contributed by atoms with Crippen LogP contribution in [0.25, 0.3) is 0 Å². The predicted octanol–water partition coefficient (Wildman–Crippen LogP) is 5.66. The fourth-order valence-electron chi connectivity index (χ4n) is 4.87. The highest BCUT2D eigenvalue weighted by Crippen LogP contribution is 2.38. The van der Waals surface area contributed by atoms with Crippen LogP contribution in [0.15, 0.2) is 97.1 Å². The molecule has 176 valence electrons. The van der Waals surface area contributed by atoms with Crippen LogP contribution in [0.4, 0.5) is 11.4 Å². The summed E-state index contributed by atoms with van der Waals surface area (Å²) in [6, 6.07) is 32.5. The van der Waals surface area contributed by atoms with Gasteiger partial charge in [0.1, 0.15) is 17.1 Å². The van der Waals surface area contributed by atoms with Crippen molar-refractivity contribution in [2.24, 2.45) is 0 Å². The Kier molecular flexibility index (Phi) is 5.34. The van der Waals surface area contributed by atoms with Gasteiger partial charge in [-0.3, -0.25) is 0 Å². The average molecular weight is 465 g/mol. The molecule has 0 bridgehead atoms. The average Bonchev–Trinajstić information content (AvgIpc) is 2.92. The summed E-state index contributed by atoms with van der Waals surface area (Å²) in [5.74, 6) is 1.74. The van der Waals surface area contributed by atoms with Gasteiger partial charge in [0.05, 0.1) is 0 Å². The lowest BCUT2D eigenvalue weighted by Crippen LogP contribution is -2.33. The Morgan fingerprint density at radius 3 is 1.49 bits per heavy atom. The monoisotopic (exact) mass is 464 g/mol. The summed E-state index contributed by atoms with van der Waals surface area (Å²) in [5.41, 5.74) is 4.89. The standard InChI is InChI=1S/C30H28N2O3/c1-30(33,24-12-14-28-22(16-24)18-31(20-34-28)26-8-4-2-5-9-26)25-13-15-29-23(17-25)19-32(21-35-29)27-10-6-3-7-11-27/h2-17,33H,18-21H2,1H3. The van der Waals surface area contributed by atoms with Crippen molar-refractivity contribution in [1.82, 2.24) is 0 Å². The molecule has 2 aliphatic rings. The van der Waals surface area contributed by atoms with Crippen LogP contribution in [-0.4, -0.2) is 18.6 Å². The lowest BCUT2D eigenvalue weighted by molar-refractivity contribution is 0.102. The molecule has 0 radical (unpaired) electrons. The largest absolute Gasteiger partial charge is 0.473 e. The van der Waals surface area contributed by atoms with E-state index >= 15 is 0 Å². The molecule has 0 fully saturated rings. The van der Waals surface area contributed by atoms with Gasteiger partial charge in [-0.25, -0.2) is 0 Å². The van der Waals surface area contributed by atoms with Gasteiger partial charge in [0.25, 0.3) is 0 Å². The zero-order chi connectivity index (χ0) is 23.8. The van der Waals surface area contributed by atoms with Crippen molar-refractivity contribution in [2.45, 2.75) is 25.6 Å². The third-order valence-electron chi connectivity index (χ3n) is 6.96. The topological polar surface area (TPSA) is 45.2 Å². The molecule has 6 rings (SSSR count). The van der Waals surface area contributed by atoms with E-state index in [2.05, 4.69) is 46.2 Å². The van der Waals surface area contributed by atoms with Crippen molar-refractivity contribution in [2.75, 3.05) is 23.3 Å². The Balaban J connectivity index is 1.28. The number of ether oxygens (including phenoxy) is 2. The summed E-state index contributed by atoms with van der Waals surface area (Å²) in [6.45, 7) is 4.33. The fraction of sp³-hybridized carbons (Fsp3) is 0.200. The molecule has 0 amide bonds. The Morgan fingerprint density at radius 2 is 1.06 bits per heavy atom. The summed E-state index contributed by atoms with van der Waals surface area (Å²) < 4.78 is 12.0. The minimum atomic E-state index is -1.16. The first-order valence-corrected chi connectivity index (χ1v) is 11.9. The van der Waals surface area contributed by atoms with Gasteiger partial charge in [-0.05, 0) is 66.6 Å². The lowest BCUT2D eigenvalue weighted by Gasteiger charge is -2.34. The maximum atomic E-state index is 11.7. The van der Waals surface area contributed by atoms with E-state index in [1.807, 2.05) is 67.6 Å². The first-order chi connectivity index (χ1) is 17.1. The third-order valence-corrected chi connectivity index (χ3v) is 6.96. The number of rotatable bonds is 4. The number of benzene rings is 4. The Bertz CT molecular complexity index is 1240. The third kappa shape index (κ3) is 4.08. The molecule has 0 saturated heterocycles. The Morgan fingerprint density at radius 1 is 0.629 bits per heavy atom. The molecule has 0 unspecified atom stereocenters. The second-order valence-electron chi connectivity index (χ2n) is 9.33. The number of hydrogen-bond acceptors (Lipinski definition) is 5. The van der Waals surface area contributed by atoms with E-state index in [0.717, 1.165) is 58.2 Å². The van der Waals surface area contributed by atoms with Crippen LogP contribution >= 0.6 is 0 Å². The zero-order valence-corrected chi connectivity index (χ0v) is 19.7. The number of aliphatic hydroxyl groups is 1. The quantitative estimate of drug-likeness (QED) is 0.423. The summed E-state index contributed by atoms with van der Waals surface area (Å²) in [6.07, 6.45) is 0. The first-order valence-electron chi connectivity index (χ1n) is 11.9. The summed E-state index contributed by atoms with van der Waals surface area (Å²) in [5, 5.41) is 11.7. The van der Waals surface area contributed by atoms with E-state index in [4.69, 9.17) is 9.47 Å². The van der Waals surface area contributed by atoms with Gasteiger partial charge in [0.2, 0.25) is 0 Å². The van der Waals surface area contributed by atoms with Crippen molar-refractivity contribution in [3.8, 4) is 11.5 Å². The molecule has 0 aliphatic carbocycles. The van der Waals surface area contributed by atoms with Crippen molar-refractivity contribution in [1.29, 1.82) is 0 Å². The number of para-hydroxylation sites is 2. The maximum absolute atomic E-state index is 11.7. The van der Waals surface area contributed by atoms with Crippen LogP contribution in [-0.2, 0) is 18.7 Å². The minimum absolute atomic E-state index is 0.509.